The number of anilines is 2. The molecule has 11 heteroatoms. The largest absolute Gasteiger partial charge is 0.494 e. The molecular formula is C23H32N6O4S. The van der Waals surface area contributed by atoms with E-state index in [1.807, 2.05) is 31.2 Å². The van der Waals surface area contributed by atoms with Crippen LogP contribution < -0.4 is 14.8 Å². The Kier molecular flexibility index (Phi) is 8.21. The van der Waals surface area contributed by atoms with Crippen LogP contribution in [0.2, 0.25) is 0 Å². The Morgan fingerprint density at radius 2 is 1.82 bits per heavy atom. The number of aliphatic hydroxyl groups excluding tert-OH is 1. The van der Waals surface area contributed by atoms with Crippen molar-refractivity contribution in [1.29, 1.82) is 0 Å². The highest BCUT2D eigenvalue weighted by molar-refractivity contribution is 7.91. The van der Waals surface area contributed by atoms with Crippen molar-refractivity contribution < 1.29 is 18.3 Å². The molecule has 3 N–H and O–H groups in total. The lowest BCUT2D eigenvalue weighted by Crippen LogP contribution is -2.27. The molecule has 0 bridgehead atoms. The van der Waals surface area contributed by atoms with Gasteiger partial charge < -0.3 is 15.2 Å². The summed E-state index contributed by atoms with van der Waals surface area (Å²) in [5.74, 6) is 1.59. The van der Waals surface area contributed by atoms with E-state index < -0.39 is 10.0 Å². The van der Waals surface area contributed by atoms with Crippen molar-refractivity contribution in [2.45, 2.75) is 45.6 Å². The number of hydrogen-bond donors (Lipinski definition) is 3. The SMILES string of the molecule is COc1ccc(C(C)Cc2nc(NC(CO)CC(C)C)nc(NS(C)(=O)=O)n2)c2cccnc12. The lowest BCUT2D eigenvalue weighted by Gasteiger charge is -2.19. The van der Waals surface area contributed by atoms with Gasteiger partial charge in [-0.1, -0.05) is 32.9 Å². The number of aromatic nitrogens is 4. The van der Waals surface area contributed by atoms with E-state index in [1.165, 1.54) is 0 Å². The molecule has 34 heavy (non-hydrogen) atoms. The third-order valence-corrected chi connectivity index (χ3v) is 5.83. The fraction of sp³-hybridized carbons (Fsp3) is 0.478. The standard InChI is InChI=1S/C23H32N6O4S/c1-14(2)11-16(13-30)25-22-26-20(27-23(28-22)29-34(5,31)32)12-15(3)17-8-9-19(33-4)21-18(17)7-6-10-24-21/h6-10,14-16,30H,11-13H2,1-5H3,(H2,25,26,27,28,29). The van der Waals surface area contributed by atoms with Crippen LogP contribution in [0.4, 0.5) is 11.9 Å². The van der Waals surface area contributed by atoms with Gasteiger partial charge in [-0.25, -0.2) is 8.42 Å². The Hall–Kier alpha value is -3.05. The van der Waals surface area contributed by atoms with E-state index >= 15 is 0 Å². The summed E-state index contributed by atoms with van der Waals surface area (Å²) in [5, 5.41) is 13.8. The molecule has 2 atom stereocenters. The smallest absolute Gasteiger partial charge is 0.241 e. The molecule has 10 nitrogen and oxygen atoms in total. The van der Waals surface area contributed by atoms with E-state index in [9.17, 15) is 13.5 Å². The number of nitrogens with zero attached hydrogens (tertiary/aromatic N) is 4. The second-order valence-electron chi connectivity index (χ2n) is 8.79. The van der Waals surface area contributed by atoms with Crippen LogP contribution in [0.5, 0.6) is 5.75 Å². The van der Waals surface area contributed by atoms with Gasteiger partial charge in [-0.2, -0.15) is 15.0 Å². The van der Waals surface area contributed by atoms with Crippen LogP contribution in [-0.2, 0) is 16.4 Å². The third kappa shape index (κ3) is 6.73. The average Bonchev–Trinajstić information content (AvgIpc) is 2.76. The van der Waals surface area contributed by atoms with E-state index in [4.69, 9.17) is 4.74 Å². The van der Waals surface area contributed by atoms with Crippen LogP contribution in [0, 0.1) is 5.92 Å². The molecule has 3 rings (SSSR count). The minimum absolute atomic E-state index is 0.0109. The zero-order chi connectivity index (χ0) is 24.9. The summed E-state index contributed by atoms with van der Waals surface area (Å²) in [5.41, 5.74) is 1.82. The van der Waals surface area contributed by atoms with Gasteiger partial charge in [0.25, 0.3) is 0 Å². The fourth-order valence-electron chi connectivity index (χ4n) is 3.86. The molecule has 184 valence electrons. The van der Waals surface area contributed by atoms with Crippen LogP contribution in [-0.4, -0.2) is 59.5 Å². The van der Waals surface area contributed by atoms with Crippen molar-refractivity contribution >= 4 is 32.8 Å². The molecule has 0 radical (unpaired) electrons. The monoisotopic (exact) mass is 488 g/mol. The lowest BCUT2D eigenvalue weighted by atomic mass is 9.93. The Balaban J connectivity index is 1.95. The molecule has 2 heterocycles. The summed E-state index contributed by atoms with van der Waals surface area (Å²) in [6.07, 6.45) is 3.90. The number of rotatable bonds is 11. The van der Waals surface area contributed by atoms with Gasteiger partial charge in [0, 0.05) is 18.0 Å². The Bertz CT molecular complexity index is 1240. The van der Waals surface area contributed by atoms with Crippen molar-refractivity contribution in [1.82, 2.24) is 19.9 Å². The van der Waals surface area contributed by atoms with Crippen LogP contribution in [0.15, 0.2) is 30.5 Å². The zero-order valence-corrected chi connectivity index (χ0v) is 20.9. The first-order chi connectivity index (χ1) is 16.1. The van der Waals surface area contributed by atoms with Crippen molar-refractivity contribution in [2.75, 3.05) is 30.0 Å². The average molecular weight is 489 g/mol. The fourth-order valence-corrected chi connectivity index (χ4v) is 4.29. The number of pyridine rings is 1. The molecule has 0 saturated carbocycles. The highest BCUT2D eigenvalue weighted by Crippen LogP contribution is 2.32. The maximum atomic E-state index is 11.8. The molecule has 1 aromatic carbocycles. The number of benzene rings is 1. The number of sulfonamides is 1. The molecule has 0 aliphatic heterocycles. The normalized spacial score (nSPS) is 13.6. The number of fused-ring (bicyclic) bond motifs is 1. The van der Waals surface area contributed by atoms with Gasteiger partial charge >= 0.3 is 0 Å². The minimum atomic E-state index is -3.58. The maximum absolute atomic E-state index is 11.8. The minimum Gasteiger partial charge on any atom is -0.494 e. The summed E-state index contributed by atoms with van der Waals surface area (Å²) in [4.78, 5) is 17.5. The Morgan fingerprint density at radius 3 is 2.47 bits per heavy atom. The maximum Gasteiger partial charge on any atom is 0.241 e. The quantitative estimate of drug-likeness (QED) is 0.372. The summed E-state index contributed by atoms with van der Waals surface area (Å²) in [6, 6.07) is 7.48. The zero-order valence-electron chi connectivity index (χ0n) is 20.1. The highest BCUT2D eigenvalue weighted by atomic mass is 32.2. The summed E-state index contributed by atoms with van der Waals surface area (Å²) < 4.78 is 31.4. The molecule has 2 aromatic heterocycles. The predicted molar refractivity (Wildman–Crippen MR) is 133 cm³/mol. The number of ether oxygens (including phenoxy) is 1. The predicted octanol–water partition coefficient (Wildman–Crippen LogP) is 2.97. The number of methoxy groups -OCH3 is 1. The van der Waals surface area contributed by atoms with Gasteiger partial charge in [0.15, 0.2) is 0 Å². The second kappa shape index (κ2) is 10.9. The topological polar surface area (TPSA) is 139 Å². The van der Waals surface area contributed by atoms with Crippen molar-refractivity contribution in [3.05, 3.63) is 41.9 Å². The summed E-state index contributed by atoms with van der Waals surface area (Å²) in [6.45, 7) is 6.05. The molecule has 0 aliphatic carbocycles. The molecular weight excluding hydrogens is 456 g/mol. The molecule has 3 aromatic rings. The molecule has 0 fully saturated rings. The van der Waals surface area contributed by atoms with E-state index in [1.54, 1.807) is 13.3 Å². The first kappa shape index (κ1) is 25.6. The number of nitrogens with one attached hydrogen (secondary N) is 2. The molecule has 0 aliphatic rings. The molecule has 2 unspecified atom stereocenters. The third-order valence-electron chi connectivity index (χ3n) is 5.27. The molecule has 0 saturated heterocycles. The summed E-state index contributed by atoms with van der Waals surface area (Å²) >= 11 is 0. The summed E-state index contributed by atoms with van der Waals surface area (Å²) in [7, 11) is -1.97. The molecule has 0 spiro atoms. The Labute approximate surface area is 200 Å². The highest BCUT2D eigenvalue weighted by Gasteiger charge is 2.19. The lowest BCUT2D eigenvalue weighted by molar-refractivity contribution is 0.259. The van der Waals surface area contributed by atoms with Gasteiger partial charge in [-0.3, -0.25) is 9.71 Å². The first-order valence-electron chi connectivity index (χ1n) is 11.1. The van der Waals surface area contributed by atoms with Gasteiger partial charge in [0.1, 0.15) is 17.1 Å². The number of hydrogen-bond acceptors (Lipinski definition) is 9. The molecule has 0 amide bonds. The van der Waals surface area contributed by atoms with E-state index in [0.717, 1.165) is 22.7 Å². The Morgan fingerprint density at radius 1 is 1.09 bits per heavy atom. The van der Waals surface area contributed by atoms with E-state index in [-0.39, 0.29) is 30.5 Å². The van der Waals surface area contributed by atoms with Crippen molar-refractivity contribution in [3.8, 4) is 5.75 Å². The first-order valence-corrected chi connectivity index (χ1v) is 13.0. The van der Waals surface area contributed by atoms with Crippen LogP contribution in [0.1, 0.15) is 44.5 Å². The van der Waals surface area contributed by atoms with Crippen LogP contribution in [0.3, 0.4) is 0 Å². The van der Waals surface area contributed by atoms with Crippen molar-refractivity contribution in [2.24, 2.45) is 5.92 Å². The van der Waals surface area contributed by atoms with Gasteiger partial charge in [-0.15, -0.1) is 0 Å². The van der Waals surface area contributed by atoms with E-state index in [0.29, 0.717) is 30.3 Å². The van der Waals surface area contributed by atoms with Crippen molar-refractivity contribution in [3.63, 3.8) is 0 Å². The second-order valence-corrected chi connectivity index (χ2v) is 10.5. The van der Waals surface area contributed by atoms with E-state index in [2.05, 4.69) is 43.8 Å². The van der Waals surface area contributed by atoms with Gasteiger partial charge in [0.2, 0.25) is 21.9 Å². The van der Waals surface area contributed by atoms with Crippen LogP contribution >= 0.6 is 0 Å². The van der Waals surface area contributed by atoms with Gasteiger partial charge in [0.05, 0.1) is 26.0 Å². The van der Waals surface area contributed by atoms with Gasteiger partial charge in [-0.05, 0) is 36.0 Å². The van der Waals surface area contributed by atoms with Crippen LogP contribution in [0.25, 0.3) is 10.9 Å². The number of aliphatic hydroxyl groups is 1.